The van der Waals surface area contributed by atoms with Gasteiger partial charge in [-0.2, -0.15) is 0 Å². The largest absolute Gasteiger partial charge is 0.457 e. The Labute approximate surface area is 341 Å². The molecule has 11 aromatic rings. The number of anilines is 3. The van der Waals surface area contributed by atoms with Gasteiger partial charge in [-0.05, 0) is 138 Å². The highest BCUT2D eigenvalue weighted by atomic mass is 16.5. The van der Waals surface area contributed by atoms with Crippen LogP contribution in [0.3, 0.4) is 0 Å². The van der Waals surface area contributed by atoms with Crippen LogP contribution in [0.5, 0.6) is 11.5 Å². The van der Waals surface area contributed by atoms with Crippen LogP contribution in [-0.2, 0) is 0 Å². The van der Waals surface area contributed by atoms with E-state index in [1.165, 1.54) is 16.3 Å². The Hall–Kier alpha value is -7.89. The lowest BCUT2D eigenvalue weighted by molar-refractivity contribution is 0.479. The molecule has 11 rings (SSSR count). The van der Waals surface area contributed by atoms with Gasteiger partial charge in [0.25, 0.3) is 0 Å². The third-order valence-electron chi connectivity index (χ3n) is 11.2. The van der Waals surface area contributed by atoms with Gasteiger partial charge in [0.2, 0.25) is 5.89 Å². The molecule has 0 unspecified atom stereocenters. The average Bonchev–Trinajstić information content (AvgIpc) is 3.88. The fourth-order valence-corrected chi connectivity index (χ4v) is 8.31. The van der Waals surface area contributed by atoms with Gasteiger partial charge < -0.3 is 18.6 Å². The Morgan fingerprint density at radius 2 is 1.15 bits per heavy atom. The summed E-state index contributed by atoms with van der Waals surface area (Å²) in [5.74, 6) is 2.27. The highest BCUT2D eigenvalue weighted by Crippen LogP contribution is 2.42. The van der Waals surface area contributed by atoms with Crippen molar-refractivity contribution in [2.24, 2.45) is 0 Å². The average molecular weight is 760 g/mol. The number of fused-ring (bicyclic) bond motifs is 6. The van der Waals surface area contributed by atoms with Crippen molar-refractivity contribution < 1.29 is 9.15 Å². The van der Waals surface area contributed by atoms with Gasteiger partial charge >= 0.3 is 0 Å². The van der Waals surface area contributed by atoms with E-state index in [4.69, 9.17) is 14.1 Å². The lowest BCUT2D eigenvalue weighted by Gasteiger charge is -2.27. The number of para-hydroxylation sites is 3. The fourth-order valence-electron chi connectivity index (χ4n) is 8.31. The molecule has 2 heterocycles. The SMILES string of the molecule is Cc1cc(N(c2ccc(-c3ccc4c(ccc5nc(-c6ccccc6)oc54)c3)cc2)c2ccc3c(c2)c2ccccc2n3-c2ccccc2)ccc1Oc1ccccc1. The number of hydrogen-bond donors (Lipinski definition) is 0. The second-order valence-electron chi connectivity index (χ2n) is 14.9. The van der Waals surface area contributed by atoms with Crippen LogP contribution in [0.25, 0.3) is 71.9 Å². The quantitative estimate of drug-likeness (QED) is 0.155. The van der Waals surface area contributed by atoms with E-state index in [-0.39, 0.29) is 0 Å². The van der Waals surface area contributed by atoms with Gasteiger partial charge in [0.05, 0.1) is 11.0 Å². The van der Waals surface area contributed by atoms with Crippen molar-refractivity contribution in [3.8, 4) is 39.8 Å². The second-order valence-corrected chi connectivity index (χ2v) is 14.9. The van der Waals surface area contributed by atoms with Gasteiger partial charge in [-0.25, -0.2) is 4.98 Å². The standard InChI is InChI=1S/C54H37N3O2/c1-36-33-43(28-32-52(36)58-45-17-9-4-10-18-45)56(44-27-31-51-48(35-44)47-19-11-12-20-50(47)57(51)41-15-7-3-8-16-41)42-25-21-37(22-26-42)39-23-29-46-40(34-39)24-30-49-53(46)59-54(55-49)38-13-5-2-6-14-38/h2-35H,1H3. The molecule has 0 bridgehead atoms. The van der Waals surface area contributed by atoms with Crippen LogP contribution in [-0.4, -0.2) is 9.55 Å². The molecule has 0 saturated heterocycles. The molecule has 59 heavy (non-hydrogen) atoms. The van der Waals surface area contributed by atoms with Crippen LogP contribution in [0.15, 0.2) is 211 Å². The number of hydrogen-bond acceptors (Lipinski definition) is 4. The Morgan fingerprint density at radius 1 is 0.492 bits per heavy atom. The van der Waals surface area contributed by atoms with Crippen LogP contribution in [0.4, 0.5) is 17.1 Å². The topological polar surface area (TPSA) is 43.4 Å². The summed E-state index contributed by atoms with van der Waals surface area (Å²) >= 11 is 0. The molecule has 0 fully saturated rings. The number of aryl methyl sites for hydroxylation is 1. The van der Waals surface area contributed by atoms with Crippen molar-refractivity contribution in [1.29, 1.82) is 0 Å². The summed E-state index contributed by atoms with van der Waals surface area (Å²) in [7, 11) is 0. The van der Waals surface area contributed by atoms with Gasteiger partial charge in [-0.1, -0.05) is 97.1 Å². The second kappa shape index (κ2) is 14.2. The molecule has 2 aromatic heterocycles. The summed E-state index contributed by atoms with van der Waals surface area (Å²) in [6.07, 6.45) is 0. The zero-order valence-electron chi connectivity index (χ0n) is 32.3. The first-order valence-electron chi connectivity index (χ1n) is 19.9. The van der Waals surface area contributed by atoms with E-state index in [1.54, 1.807) is 0 Å². The smallest absolute Gasteiger partial charge is 0.227 e. The zero-order chi connectivity index (χ0) is 39.3. The highest BCUT2D eigenvalue weighted by molar-refractivity contribution is 6.11. The summed E-state index contributed by atoms with van der Waals surface area (Å²) in [6, 6.07) is 72.1. The maximum atomic E-state index is 6.33. The molecular formula is C54H37N3O2. The minimum absolute atomic E-state index is 0.631. The van der Waals surface area contributed by atoms with Crippen molar-refractivity contribution in [2.45, 2.75) is 6.92 Å². The molecule has 0 N–H and O–H groups in total. The minimum atomic E-state index is 0.631. The summed E-state index contributed by atoms with van der Waals surface area (Å²) < 4.78 is 15.0. The van der Waals surface area contributed by atoms with Crippen molar-refractivity contribution >= 4 is 60.7 Å². The van der Waals surface area contributed by atoms with Gasteiger partial charge in [-0.15, -0.1) is 0 Å². The molecule has 0 atom stereocenters. The Morgan fingerprint density at radius 3 is 1.95 bits per heavy atom. The first-order valence-corrected chi connectivity index (χ1v) is 19.9. The number of rotatable bonds is 8. The molecule has 0 aliphatic heterocycles. The molecule has 5 heteroatoms. The Balaban J connectivity index is 1.000. The van der Waals surface area contributed by atoms with Crippen LogP contribution in [0, 0.1) is 6.92 Å². The molecule has 0 spiro atoms. The predicted molar refractivity (Wildman–Crippen MR) is 243 cm³/mol. The normalized spacial score (nSPS) is 11.5. The maximum absolute atomic E-state index is 6.33. The molecule has 280 valence electrons. The number of nitrogens with zero attached hydrogens (tertiary/aromatic N) is 3. The van der Waals surface area contributed by atoms with E-state index in [0.29, 0.717) is 5.89 Å². The van der Waals surface area contributed by atoms with Crippen LogP contribution in [0.2, 0.25) is 0 Å². The molecule has 5 nitrogen and oxygen atoms in total. The monoisotopic (exact) mass is 759 g/mol. The van der Waals surface area contributed by atoms with E-state index in [2.05, 4.69) is 156 Å². The van der Waals surface area contributed by atoms with Crippen molar-refractivity contribution in [2.75, 3.05) is 4.90 Å². The molecule has 0 aliphatic carbocycles. The van der Waals surface area contributed by atoms with E-state index in [1.807, 2.05) is 66.7 Å². The predicted octanol–water partition coefficient (Wildman–Crippen LogP) is 15.0. The minimum Gasteiger partial charge on any atom is -0.457 e. The van der Waals surface area contributed by atoms with E-state index >= 15 is 0 Å². The summed E-state index contributed by atoms with van der Waals surface area (Å²) in [6.45, 7) is 2.11. The van der Waals surface area contributed by atoms with Crippen molar-refractivity contribution in [1.82, 2.24) is 9.55 Å². The first-order chi connectivity index (χ1) is 29.1. The lowest BCUT2D eigenvalue weighted by atomic mass is 10.00. The van der Waals surface area contributed by atoms with Gasteiger partial charge in [0, 0.05) is 44.5 Å². The van der Waals surface area contributed by atoms with Gasteiger partial charge in [-0.3, -0.25) is 0 Å². The highest BCUT2D eigenvalue weighted by Gasteiger charge is 2.19. The summed E-state index contributed by atoms with van der Waals surface area (Å²) in [4.78, 5) is 7.12. The Bertz CT molecular complexity index is 3300. The fraction of sp³-hybridized carbons (Fsp3) is 0.0185. The third kappa shape index (κ3) is 6.17. The zero-order valence-corrected chi connectivity index (χ0v) is 32.3. The number of benzene rings is 9. The number of ether oxygens (including phenoxy) is 1. The maximum Gasteiger partial charge on any atom is 0.227 e. The summed E-state index contributed by atoms with van der Waals surface area (Å²) in [5, 5.41) is 4.55. The third-order valence-corrected chi connectivity index (χ3v) is 11.2. The first kappa shape index (κ1) is 34.4. The molecule has 0 aliphatic rings. The van der Waals surface area contributed by atoms with E-state index < -0.39 is 0 Å². The van der Waals surface area contributed by atoms with E-state index in [9.17, 15) is 0 Å². The molecule has 9 aromatic carbocycles. The molecule has 0 radical (unpaired) electrons. The number of oxazole rings is 1. The van der Waals surface area contributed by atoms with Crippen LogP contribution in [0.1, 0.15) is 5.56 Å². The van der Waals surface area contributed by atoms with Crippen LogP contribution >= 0.6 is 0 Å². The van der Waals surface area contributed by atoms with Gasteiger partial charge in [0.1, 0.15) is 17.0 Å². The summed E-state index contributed by atoms with van der Waals surface area (Å²) in [5.41, 5.74) is 12.6. The number of aromatic nitrogens is 2. The van der Waals surface area contributed by atoms with Crippen molar-refractivity contribution in [3.63, 3.8) is 0 Å². The molecule has 0 amide bonds. The van der Waals surface area contributed by atoms with Crippen LogP contribution < -0.4 is 9.64 Å². The molecule has 0 saturated carbocycles. The van der Waals surface area contributed by atoms with Crippen molar-refractivity contribution in [3.05, 3.63) is 212 Å². The lowest BCUT2D eigenvalue weighted by Crippen LogP contribution is -2.10. The molecular weight excluding hydrogens is 723 g/mol. The van der Waals surface area contributed by atoms with E-state index in [0.717, 1.165) is 83.9 Å². The Kier molecular flexibility index (Phi) is 8.30. The van der Waals surface area contributed by atoms with Gasteiger partial charge in [0.15, 0.2) is 5.58 Å².